The number of benzene rings is 2. The Balaban J connectivity index is 1.96. The third-order valence-corrected chi connectivity index (χ3v) is 7.00. The van der Waals surface area contributed by atoms with Gasteiger partial charge in [-0.05, 0) is 66.2 Å². The lowest BCUT2D eigenvalue weighted by atomic mass is 9.74. The predicted octanol–water partition coefficient (Wildman–Crippen LogP) is 8.29. The molecule has 0 N–H and O–H groups in total. The Labute approximate surface area is 168 Å². The number of halogens is 2. The summed E-state index contributed by atoms with van der Waals surface area (Å²) in [5, 5.41) is 0. The normalized spacial score (nSPS) is 19.1. The summed E-state index contributed by atoms with van der Waals surface area (Å²) in [4.78, 5) is 0. The zero-order chi connectivity index (χ0) is 19.5. The van der Waals surface area contributed by atoms with Gasteiger partial charge < -0.3 is 0 Å². The first-order valence-electron chi connectivity index (χ1n) is 11.3. The third-order valence-electron chi connectivity index (χ3n) is 7.00. The van der Waals surface area contributed by atoms with Crippen LogP contribution in [0.2, 0.25) is 0 Å². The molecular weight excluding hydrogens is 350 g/mol. The second kappa shape index (κ2) is 8.76. The second-order valence-electron chi connectivity index (χ2n) is 8.70. The fourth-order valence-corrected chi connectivity index (χ4v) is 5.67. The quantitative estimate of drug-likeness (QED) is 0.499. The van der Waals surface area contributed by atoms with E-state index in [1.165, 1.54) is 12.8 Å². The van der Waals surface area contributed by atoms with Crippen molar-refractivity contribution in [3.05, 3.63) is 58.7 Å². The molecule has 0 saturated heterocycles. The minimum Gasteiger partial charge on any atom is -0.203 e. The van der Waals surface area contributed by atoms with Crippen molar-refractivity contribution in [2.75, 3.05) is 0 Å². The molecule has 2 heteroatoms. The highest BCUT2D eigenvalue weighted by Crippen LogP contribution is 2.47. The van der Waals surface area contributed by atoms with E-state index in [1.807, 2.05) is 18.2 Å². The maximum absolute atomic E-state index is 15.7. The summed E-state index contributed by atoms with van der Waals surface area (Å²) in [6.07, 6.45) is 11.6. The Morgan fingerprint density at radius 2 is 1.21 bits per heavy atom. The molecule has 0 aliphatic heterocycles. The van der Waals surface area contributed by atoms with Gasteiger partial charge in [-0.25, -0.2) is 8.78 Å². The molecule has 2 fully saturated rings. The average Bonchev–Trinajstić information content (AvgIpc) is 2.76. The minimum atomic E-state index is -0.552. The summed E-state index contributed by atoms with van der Waals surface area (Å²) in [7, 11) is 0. The van der Waals surface area contributed by atoms with E-state index in [1.54, 1.807) is 0 Å². The van der Waals surface area contributed by atoms with E-state index in [2.05, 4.69) is 19.1 Å². The van der Waals surface area contributed by atoms with Crippen molar-refractivity contribution in [1.82, 2.24) is 0 Å². The number of hydrogen-bond acceptors (Lipinski definition) is 0. The van der Waals surface area contributed by atoms with Gasteiger partial charge in [-0.15, -0.1) is 0 Å². The molecule has 0 atom stereocenters. The van der Waals surface area contributed by atoms with Crippen LogP contribution in [0.5, 0.6) is 0 Å². The SMILES string of the molecule is CCc1c(-c2ccccc2)c(C2CCCCC2)c(F)c(F)c1C1CCCCC1. The molecule has 0 radical (unpaired) electrons. The molecule has 2 aliphatic rings. The van der Waals surface area contributed by atoms with Gasteiger partial charge >= 0.3 is 0 Å². The van der Waals surface area contributed by atoms with Gasteiger partial charge in [-0.3, -0.25) is 0 Å². The van der Waals surface area contributed by atoms with Crippen LogP contribution >= 0.6 is 0 Å². The van der Waals surface area contributed by atoms with Crippen molar-refractivity contribution >= 4 is 0 Å². The van der Waals surface area contributed by atoms with Crippen molar-refractivity contribution in [2.45, 2.75) is 89.4 Å². The largest absolute Gasteiger partial charge is 0.203 e. The van der Waals surface area contributed by atoms with Crippen LogP contribution in [0.3, 0.4) is 0 Å². The van der Waals surface area contributed by atoms with Crippen molar-refractivity contribution in [2.24, 2.45) is 0 Å². The van der Waals surface area contributed by atoms with Crippen LogP contribution in [0.15, 0.2) is 30.3 Å². The molecule has 150 valence electrons. The molecule has 4 rings (SSSR count). The molecule has 0 spiro atoms. The molecule has 28 heavy (non-hydrogen) atoms. The molecule has 2 aromatic carbocycles. The van der Waals surface area contributed by atoms with Gasteiger partial charge in [0.25, 0.3) is 0 Å². The summed E-state index contributed by atoms with van der Waals surface area (Å²) < 4.78 is 31.3. The number of hydrogen-bond donors (Lipinski definition) is 0. The van der Waals surface area contributed by atoms with E-state index in [-0.39, 0.29) is 11.8 Å². The third kappa shape index (κ3) is 3.63. The lowest BCUT2D eigenvalue weighted by Crippen LogP contribution is -2.17. The van der Waals surface area contributed by atoms with Crippen LogP contribution in [0.1, 0.15) is 99.7 Å². The highest BCUT2D eigenvalue weighted by atomic mass is 19.2. The topological polar surface area (TPSA) is 0 Å². The maximum Gasteiger partial charge on any atom is 0.163 e. The zero-order valence-electron chi connectivity index (χ0n) is 17.1. The first kappa shape index (κ1) is 19.6. The number of rotatable bonds is 4. The molecule has 2 saturated carbocycles. The van der Waals surface area contributed by atoms with Crippen molar-refractivity contribution in [3.8, 4) is 11.1 Å². The molecular formula is C26H32F2. The molecule has 2 aliphatic carbocycles. The van der Waals surface area contributed by atoms with Gasteiger partial charge in [0, 0.05) is 5.56 Å². The molecule has 0 heterocycles. The summed E-state index contributed by atoms with van der Waals surface area (Å²) in [6.45, 7) is 2.11. The van der Waals surface area contributed by atoms with E-state index in [0.717, 1.165) is 74.5 Å². The molecule has 2 aromatic rings. The van der Waals surface area contributed by atoms with E-state index in [0.29, 0.717) is 11.1 Å². The standard InChI is InChI=1S/C26H32F2/c1-2-21-22(18-12-6-3-7-13-18)24(20-16-10-5-11-17-20)26(28)25(27)23(21)19-14-8-4-9-15-19/h3,6-7,12-13,19-20H,2,4-5,8-11,14-17H2,1H3. The van der Waals surface area contributed by atoms with Gasteiger partial charge in [0.15, 0.2) is 11.6 Å². The average molecular weight is 383 g/mol. The van der Waals surface area contributed by atoms with E-state index in [4.69, 9.17) is 0 Å². The summed E-state index contributed by atoms with van der Waals surface area (Å²) in [5.41, 5.74) is 4.49. The van der Waals surface area contributed by atoms with Crippen LogP contribution in [0.4, 0.5) is 8.78 Å². The fraction of sp³-hybridized carbons (Fsp3) is 0.538. The van der Waals surface area contributed by atoms with Gasteiger partial charge in [0.2, 0.25) is 0 Å². The first-order valence-corrected chi connectivity index (χ1v) is 11.3. The van der Waals surface area contributed by atoms with Crippen molar-refractivity contribution in [1.29, 1.82) is 0 Å². The molecule has 0 nitrogen and oxygen atoms in total. The lowest BCUT2D eigenvalue weighted by Gasteiger charge is -2.31. The first-order chi connectivity index (χ1) is 13.7. The van der Waals surface area contributed by atoms with Crippen LogP contribution < -0.4 is 0 Å². The smallest absolute Gasteiger partial charge is 0.163 e. The van der Waals surface area contributed by atoms with Crippen LogP contribution in [0.25, 0.3) is 11.1 Å². The summed E-state index contributed by atoms with van der Waals surface area (Å²) >= 11 is 0. The summed E-state index contributed by atoms with van der Waals surface area (Å²) in [6, 6.07) is 10.2. The Hall–Kier alpha value is -1.70. The molecule has 0 aromatic heterocycles. The Kier molecular flexibility index (Phi) is 6.13. The van der Waals surface area contributed by atoms with Gasteiger partial charge in [0.1, 0.15) is 0 Å². The molecule has 0 amide bonds. The van der Waals surface area contributed by atoms with Gasteiger partial charge in [0.05, 0.1) is 0 Å². The monoisotopic (exact) mass is 382 g/mol. The lowest BCUT2D eigenvalue weighted by molar-refractivity contribution is 0.397. The van der Waals surface area contributed by atoms with E-state index >= 15 is 8.78 Å². The summed E-state index contributed by atoms with van der Waals surface area (Å²) in [5.74, 6) is -0.780. The van der Waals surface area contributed by atoms with Crippen molar-refractivity contribution < 1.29 is 8.78 Å². The maximum atomic E-state index is 15.7. The van der Waals surface area contributed by atoms with Crippen LogP contribution in [0, 0.1) is 11.6 Å². The Bertz CT molecular complexity index is 797. The minimum absolute atomic E-state index is 0.143. The Morgan fingerprint density at radius 3 is 1.75 bits per heavy atom. The fourth-order valence-electron chi connectivity index (χ4n) is 5.67. The van der Waals surface area contributed by atoms with Crippen LogP contribution in [-0.2, 0) is 6.42 Å². The van der Waals surface area contributed by atoms with Crippen LogP contribution in [-0.4, -0.2) is 0 Å². The zero-order valence-corrected chi connectivity index (χ0v) is 17.1. The Morgan fingerprint density at radius 1 is 0.714 bits per heavy atom. The second-order valence-corrected chi connectivity index (χ2v) is 8.70. The van der Waals surface area contributed by atoms with Crippen molar-refractivity contribution in [3.63, 3.8) is 0 Å². The highest BCUT2D eigenvalue weighted by Gasteiger charge is 2.32. The van der Waals surface area contributed by atoms with E-state index in [9.17, 15) is 0 Å². The van der Waals surface area contributed by atoms with Gasteiger partial charge in [-0.1, -0.05) is 75.8 Å². The predicted molar refractivity (Wildman–Crippen MR) is 113 cm³/mol. The van der Waals surface area contributed by atoms with Gasteiger partial charge in [-0.2, -0.15) is 0 Å². The van der Waals surface area contributed by atoms with E-state index < -0.39 is 11.6 Å². The molecule has 0 bridgehead atoms. The highest BCUT2D eigenvalue weighted by molar-refractivity contribution is 5.74. The molecule has 0 unspecified atom stereocenters.